The quantitative estimate of drug-likeness (QED) is 0.375. The van der Waals surface area contributed by atoms with Gasteiger partial charge in [0.1, 0.15) is 11.5 Å². The number of nitrogens with one attached hydrogen (secondary N) is 2. The van der Waals surface area contributed by atoms with Crippen LogP contribution in [0.2, 0.25) is 5.02 Å². The molecule has 0 fully saturated rings. The topological polar surface area (TPSA) is 71.7 Å². The molecule has 0 saturated carbocycles. The molecule has 25 heavy (non-hydrogen) atoms. The van der Waals surface area contributed by atoms with Crippen molar-refractivity contribution in [3.8, 4) is 5.75 Å². The number of ether oxygens (including phenoxy) is 1. The second-order valence-electron chi connectivity index (χ2n) is 5.21. The molecule has 0 atom stereocenters. The first-order valence-electron chi connectivity index (χ1n) is 7.82. The second-order valence-corrected chi connectivity index (χ2v) is 5.65. The zero-order valence-electron chi connectivity index (χ0n) is 14.9. The number of rotatable bonds is 6. The van der Waals surface area contributed by atoms with E-state index in [1.807, 2.05) is 39.0 Å². The van der Waals surface area contributed by atoms with Gasteiger partial charge in [0.2, 0.25) is 5.89 Å². The van der Waals surface area contributed by atoms with Gasteiger partial charge in [0.25, 0.3) is 0 Å². The molecule has 0 bridgehead atoms. The summed E-state index contributed by atoms with van der Waals surface area (Å²) in [5.41, 5.74) is 1.91. The smallest absolute Gasteiger partial charge is 0.214 e. The van der Waals surface area contributed by atoms with E-state index in [4.69, 9.17) is 20.8 Å². The van der Waals surface area contributed by atoms with Crippen LogP contribution in [0.4, 0.5) is 0 Å². The van der Waals surface area contributed by atoms with Gasteiger partial charge in [-0.15, -0.1) is 24.0 Å². The highest BCUT2D eigenvalue weighted by molar-refractivity contribution is 14.0. The van der Waals surface area contributed by atoms with Crippen LogP contribution in [0.15, 0.2) is 27.6 Å². The minimum atomic E-state index is 0. The van der Waals surface area contributed by atoms with E-state index in [-0.39, 0.29) is 24.0 Å². The minimum absolute atomic E-state index is 0. The summed E-state index contributed by atoms with van der Waals surface area (Å²) in [7, 11) is 1.71. The molecule has 0 aliphatic carbocycles. The molecule has 1 aromatic heterocycles. The summed E-state index contributed by atoms with van der Waals surface area (Å²) in [4.78, 5) is 8.54. The molecule has 8 heteroatoms. The van der Waals surface area contributed by atoms with Gasteiger partial charge in [0, 0.05) is 24.2 Å². The van der Waals surface area contributed by atoms with Crippen molar-refractivity contribution in [3.63, 3.8) is 0 Å². The van der Waals surface area contributed by atoms with Crippen molar-refractivity contribution >= 4 is 41.5 Å². The summed E-state index contributed by atoms with van der Waals surface area (Å²) in [6.07, 6.45) is 0. The lowest BCUT2D eigenvalue weighted by atomic mass is 10.2. The third-order valence-corrected chi connectivity index (χ3v) is 3.71. The van der Waals surface area contributed by atoms with Crippen molar-refractivity contribution in [3.05, 3.63) is 46.1 Å². The molecule has 2 N–H and O–H groups in total. The maximum absolute atomic E-state index is 6.02. The van der Waals surface area contributed by atoms with Gasteiger partial charge in [-0.2, -0.15) is 0 Å². The van der Waals surface area contributed by atoms with Gasteiger partial charge in [0.15, 0.2) is 5.96 Å². The van der Waals surface area contributed by atoms with Crippen molar-refractivity contribution < 1.29 is 9.15 Å². The molecule has 0 aliphatic heterocycles. The highest BCUT2D eigenvalue weighted by Gasteiger charge is 2.08. The highest BCUT2D eigenvalue weighted by atomic mass is 127. The zero-order valence-corrected chi connectivity index (χ0v) is 17.9. The lowest BCUT2D eigenvalue weighted by molar-refractivity contribution is 0.336. The van der Waals surface area contributed by atoms with E-state index in [0.717, 1.165) is 22.8 Å². The van der Waals surface area contributed by atoms with Crippen molar-refractivity contribution in [2.45, 2.75) is 33.9 Å². The van der Waals surface area contributed by atoms with E-state index in [1.54, 1.807) is 7.05 Å². The lowest BCUT2D eigenvalue weighted by Gasteiger charge is -2.14. The van der Waals surface area contributed by atoms with Crippen LogP contribution in [0.25, 0.3) is 0 Å². The minimum Gasteiger partial charge on any atom is -0.493 e. The van der Waals surface area contributed by atoms with Crippen LogP contribution in [-0.4, -0.2) is 24.6 Å². The Balaban J connectivity index is 0.00000312. The van der Waals surface area contributed by atoms with Crippen molar-refractivity contribution in [2.75, 3.05) is 13.7 Å². The van der Waals surface area contributed by atoms with Crippen LogP contribution in [0, 0.1) is 13.8 Å². The fourth-order valence-electron chi connectivity index (χ4n) is 2.14. The van der Waals surface area contributed by atoms with Crippen LogP contribution < -0.4 is 15.4 Å². The Labute approximate surface area is 170 Å². The summed E-state index contributed by atoms with van der Waals surface area (Å²) in [6.45, 7) is 7.38. The molecule has 2 aromatic rings. The van der Waals surface area contributed by atoms with Crippen LogP contribution in [0.3, 0.4) is 0 Å². The maximum atomic E-state index is 6.02. The van der Waals surface area contributed by atoms with E-state index in [9.17, 15) is 0 Å². The molecule has 0 aliphatic rings. The van der Waals surface area contributed by atoms with Gasteiger partial charge in [-0.05, 0) is 32.9 Å². The molecule has 0 radical (unpaired) electrons. The highest BCUT2D eigenvalue weighted by Crippen LogP contribution is 2.23. The van der Waals surface area contributed by atoms with Crippen LogP contribution in [-0.2, 0) is 13.1 Å². The van der Waals surface area contributed by atoms with Gasteiger partial charge in [0.05, 0.1) is 18.8 Å². The Morgan fingerprint density at radius 1 is 1.28 bits per heavy atom. The van der Waals surface area contributed by atoms with Crippen molar-refractivity contribution in [2.24, 2.45) is 4.99 Å². The number of oxazole rings is 1. The fourth-order valence-corrected chi connectivity index (χ4v) is 2.30. The molecule has 2 rings (SSSR count). The zero-order chi connectivity index (χ0) is 17.5. The van der Waals surface area contributed by atoms with E-state index < -0.39 is 0 Å². The molecule has 0 spiro atoms. The van der Waals surface area contributed by atoms with Gasteiger partial charge < -0.3 is 19.8 Å². The number of hydrogen-bond acceptors (Lipinski definition) is 4. The Hall–Kier alpha value is -1.48. The Bertz CT molecular complexity index is 699. The Morgan fingerprint density at radius 2 is 2.00 bits per heavy atom. The third-order valence-electron chi connectivity index (χ3n) is 3.48. The molecular weight excluding hydrogens is 455 g/mol. The second kappa shape index (κ2) is 10.5. The maximum Gasteiger partial charge on any atom is 0.214 e. The molecule has 6 nitrogen and oxygen atoms in total. The number of guanidine groups is 1. The predicted octanol–water partition coefficient (Wildman–Crippen LogP) is 3.83. The predicted molar refractivity (Wildman–Crippen MR) is 111 cm³/mol. The molecule has 0 unspecified atom stereocenters. The summed E-state index contributed by atoms with van der Waals surface area (Å²) in [5, 5.41) is 7.07. The number of hydrogen-bond donors (Lipinski definition) is 2. The summed E-state index contributed by atoms with van der Waals surface area (Å²) in [6, 6.07) is 5.60. The van der Waals surface area contributed by atoms with Gasteiger partial charge in [-0.3, -0.25) is 4.99 Å². The number of aryl methyl sites for hydroxylation is 2. The van der Waals surface area contributed by atoms with Crippen LogP contribution in [0.5, 0.6) is 5.75 Å². The average Bonchev–Trinajstić information content (AvgIpc) is 2.88. The number of nitrogens with zero attached hydrogens (tertiary/aromatic N) is 2. The normalized spacial score (nSPS) is 11.0. The molecule has 0 saturated heterocycles. The van der Waals surface area contributed by atoms with Gasteiger partial charge in [-0.25, -0.2) is 4.98 Å². The fraction of sp³-hybridized carbons (Fsp3) is 0.412. The largest absolute Gasteiger partial charge is 0.493 e. The lowest BCUT2D eigenvalue weighted by Crippen LogP contribution is -2.36. The first kappa shape index (κ1) is 21.6. The molecular formula is C17H24ClIN4O2. The van der Waals surface area contributed by atoms with Gasteiger partial charge >= 0.3 is 0 Å². The van der Waals surface area contributed by atoms with E-state index >= 15 is 0 Å². The van der Waals surface area contributed by atoms with Crippen molar-refractivity contribution in [1.29, 1.82) is 0 Å². The van der Waals surface area contributed by atoms with E-state index in [2.05, 4.69) is 20.6 Å². The monoisotopic (exact) mass is 478 g/mol. The number of benzene rings is 1. The summed E-state index contributed by atoms with van der Waals surface area (Å²) < 4.78 is 11.2. The van der Waals surface area contributed by atoms with Crippen molar-refractivity contribution in [1.82, 2.24) is 15.6 Å². The number of halogens is 2. The van der Waals surface area contributed by atoms with Crippen LogP contribution >= 0.6 is 35.6 Å². The van der Waals surface area contributed by atoms with E-state index in [1.165, 1.54) is 0 Å². The van der Waals surface area contributed by atoms with Gasteiger partial charge in [-0.1, -0.05) is 17.7 Å². The molecule has 1 aromatic carbocycles. The van der Waals surface area contributed by atoms with E-state index in [0.29, 0.717) is 36.6 Å². The summed E-state index contributed by atoms with van der Waals surface area (Å²) >= 11 is 6.02. The SMILES string of the molecule is CCOc1cc(Cl)ccc1CNC(=NC)NCc1nc(C)c(C)o1.I. The third kappa shape index (κ3) is 6.39. The number of aliphatic imine (C=N–C) groups is 1. The summed E-state index contributed by atoms with van der Waals surface area (Å²) in [5.74, 6) is 2.89. The molecule has 1 heterocycles. The molecule has 0 amide bonds. The first-order valence-corrected chi connectivity index (χ1v) is 8.20. The first-order chi connectivity index (χ1) is 11.5. The van der Waals surface area contributed by atoms with Crippen LogP contribution in [0.1, 0.15) is 29.8 Å². The molecule has 138 valence electrons. The standard InChI is InChI=1S/C17H23ClN4O2.HI/c1-5-23-15-8-14(18)7-6-13(15)9-20-17(19-4)21-10-16-22-11(2)12(3)24-16;/h6-8H,5,9-10H2,1-4H3,(H2,19,20,21);1H. The average molecular weight is 479 g/mol. The number of aromatic nitrogens is 1. The Kier molecular flexibility index (Phi) is 9.05. The Morgan fingerprint density at radius 3 is 2.60 bits per heavy atom.